The predicted molar refractivity (Wildman–Crippen MR) is 51.7 cm³/mol. The van der Waals surface area contributed by atoms with Crippen molar-refractivity contribution in [3.05, 3.63) is 12.2 Å². The van der Waals surface area contributed by atoms with Gasteiger partial charge in [-0.25, -0.2) is 0 Å². The molecule has 0 saturated carbocycles. The van der Waals surface area contributed by atoms with E-state index in [-0.39, 0.29) is 5.78 Å². The van der Waals surface area contributed by atoms with Crippen LogP contribution in [0.4, 0.5) is 0 Å². The van der Waals surface area contributed by atoms with Gasteiger partial charge in [0.1, 0.15) is 0 Å². The molecule has 0 aromatic rings. The van der Waals surface area contributed by atoms with E-state index >= 15 is 0 Å². The van der Waals surface area contributed by atoms with Crippen molar-refractivity contribution in [2.45, 2.75) is 39.5 Å². The van der Waals surface area contributed by atoms with Gasteiger partial charge in [0.2, 0.25) is 0 Å². The third-order valence-electron chi connectivity index (χ3n) is 1.44. The minimum Gasteiger partial charge on any atom is -0.295 e. The van der Waals surface area contributed by atoms with Crippen LogP contribution in [0.2, 0.25) is 0 Å². The summed E-state index contributed by atoms with van der Waals surface area (Å²) >= 11 is 0. The quantitative estimate of drug-likeness (QED) is 0.347. The van der Waals surface area contributed by atoms with Crippen LogP contribution in [0, 0.1) is 11.8 Å². The highest BCUT2D eigenvalue weighted by molar-refractivity contribution is 5.89. The van der Waals surface area contributed by atoms with Crippen molar-refractivity contribution in [1.82, 2.24) is 0 Å². The Hall–Kier alpha value is -1.03. The Morgan fingerprint density at radius 1 is 1.50 bits per heavy atom. The van der Waals surface area contributed by atoms with Gasteiger partial charge in [-0.3, -0.25) is 4.79 Å². The number of hydrogen-bond acceptors (Lipinski definition) is 1. The summed E-state index contributed by atoms with van der Waals surface area (Å²) in [6, 6.07) is 0. The van der Waals surface area contributed by atoms with E-state index < -0.39 is 0 Å². The highest BCUT2D eigenvalue weighted by atomic mass is 16.1. The molecule has 0 rings (SSSR count). The molecule has 0 spiro atoms. The smallest absolute Gasteiger partial charge is 0.155 e. The molecule has 1 heteroatoms. The summed E-state index contributed by atoms with van der Waals surface area (Å²) in [5, 5.41) is 0. The van der Waals surface area contributed by atoms with Crippen molar-refractivity contribution in [2.24, 2.45) is 0 Å². The molecule has 0 saturated heterocycles. The molecule has 66 valence electrons. The van der Waals surface area contributed by atoms with Crippen molar-refractivity contribution in [1.29, 1.82) is 0 Å². The summed E-state index contributed by atoms with van der Waals surface area (Å²) in [6.07, 6.45) is 6.84. The van der Waals surface area contributed by atoms with Crippen LogP contribution >= 0.6 is 0 Å². The number of rotatable bonds is 5. The van der Waals surface area contributed by atoms with Crippen LogP contribution in [-0.2, 0) is 4.79 Å². The molecule has 0 aliphatic heterocycles. The average Bonchev–Trinajstić information content (AvgIpc) is 2.09. The largest absolute Gasteiger partial charge is 0.295 e. The molecule has 0 radical (unpaired) electrons. The molecule has 0 aromatic heterocycles. The minimum absolute atomic E-state index is 0.217. The van der Waals surface area contributed by atoms with E-state index in [0.717, 1.165) is 19.3 Å². The van der Waals surface area contributed by atoms with Crippen molar-refractivity contribution in [3.8, 4) is 11.8 Å². The number of carbonyl (C=O) groups excluding carboxylic acids is 1. The van der Waals surface area contributed by atoms with E-state index in [1.807, 2.05) is 19.9 Å². The maximum Gasteiger partial charge on any atom is 0.155 e. The molecule has 0 unspecified atom stereocenters. The Kier molecular flexibility index (Phi) is 7.38. The summed E-state index contributed by atoms with van der Waals surface area (Å²) in [6.45, 7) is 3.84. The normalized spacial score (nSPS) is 9.50. The first-order chi connectivity index (χ1) is 5.81. The van der Waals surface area contributed by atoms with Gasteiger partial charge in [0.25, 0.3) is 0 Å². The van der Waals surface area contributed by atoms with Crippen molar-refractivity contribution in [3.63, 3.8) is 0 Å². The summed E-state index contributed by atoms with van der Waals surface area (Å²) in [4.78, 5) is 11.0. The number of hydrogen-bond donors (Lipinski definition) is 0. The molecule has 0 N–H and O–H groups in total. The molecule has 0 atom stereocenters. The lowest BCUT2D eigenvalue weighted by Gasteiger charge is -1.90. The Balaban J connectivity index is 3.42. The second-order valence-electron chi connectivity index (χ2n) is 2.56. The first kappa shape index (κ1) is 11.0. The highest BCUT2D eigenvalue weighted by Gasteiger charge is 1.93. The van der Waals surface area contributed by atoms with Gasteiger partial charge in [-0.05, 0) is 25.8 Å². The topological polar surface area (TPSA) is 17.1 Å². The number of ketones is 1. The fourth-order valence-corrected chi connectivity index (χ4v) is 0.809. The van der Waals surface area contributed by atoms with Gasteiger partial charge < -0.3 is 0 Å². The zero-order valence-electron chi connectivity index (χ0n) is 7.89. The van der Waals surface area contributed by atoms with Crippen LogP contribution in [0.3, 0.4) is 0 Å². The van der Waals surface area contributed by atoms with Gasteiger partial charge >= 0.3 is 0 Å². The average molecular weight is 164 g/mol. The fourth-order valence-electron chi connectivity index (χ4n) is 0.809. The molecule has 0 amide bonds. The monoisotopic (exact) mass is 164 g/mol. The van der Waals surface area contributed by atoms with Crippen molar-refractivity contribution < 1.29 is 4.79 Å². The second kappa shape index (κ2) is 8.07. The number of allylic oxidation sites excluding steroid dienone is 2. The van der Waals surface area contributed by atoms with Gasteiger partial charge in [0, 0.05) is 12.8 Å². The van der Waals surface area contributed by atoms with Gasteiger partial charge in [-0.1, -0.05) is 13.0 Å². The first-order valence-corrected chi connectivity index (χ1v) is 4.40. The van der Waals surface area contributed by atoms with Crippen molar-refractivity contribution in [2.75, 3.05) is 0 Å². The molecule has 12 heavy (non-hydrogen) atoms. The summed E-state index contributed by atoms with van der Waals surface area (Å²) in [5.74, 6) is 5.96. The van der Waals surface area contributed by atoms with Crippen LogP contribution < -0.4 is 0 Å². The highest BCUT2D eigenvalue weighted by Crippen LogP contribution is 1.96. The van der Waals surface area contributed by atoms with E-state index in [1.165, 1.54) is 0 Å². The minimum atomic E-state index is 0.217. The zero-order valence-corrected chi connectivity index (χ0v) is 7.89. The SMILES string of the molecule is CC#CCCCC(=O)/C=C/CC. The fraction of sp³-hybridized carbons (Fsp3) is 0.545. The molecule has 0 fully saturated rings. The molecular formula is C11H16O. The number of unbranched alkanes of at least 4 members (excludes halogenated alkanes) is 1. The summed E-state index contributed by atoms with van der Waals surface area (Å²) in [7, 11) is 0. The molecule has 0 aliphatic carbocycles. The lowest BCUT2D eigenvalue weighted by atomic mass is 10.1. The Morgan fingerprint density at radius 3 is 2.83 bits per heavy atom. The van der Waals surface area contributed by atoms with Gasteiger partial charge in [-0.15, -0.1) is 11.8 Å². The molecule has 0 bridgehead atoms. The van der Waals surface area contributed by atoms with Crippen LogP contribution in [0.1, 0.15) is 39.5 Å². The van der Waals surface area contributed by atoms with Gasteiger partial charge in [0.15, 0.2) is 5.78 Å². The molecular weight excluding hydrogens is 148 g/mol. The molecule has 0 aromatic carbocycles. The molecule has 0 heterocycles. The van der Waals surface area contributed by atoms with E-state index in [4.69, 9.17) is 0 Å². The molecule has 1 nitrogen and oxygen atoms in total. The first-order valence-electron chi connectivity index (χ1n) is 4.40. The lowest BCUT2D eigenvalue weighted by molar-refractivity contribution is -0.114. The predicted octanol–water partition coefficient (Wildman–Crippen LogP) is 2.72. The third kappa shape index (κ3) is 7.08. The van der Waals surface area contributed by atoms with Crippen LogP contribution in [-0.4, -0.2) is 5.78 Å². The van der Waals surface area contributed by atoms with E-state index in [0.29, 0.717) is 6.42 Å². The molecule has 0 aliphatic rings. The Labute approximate surface area is 74.9 Å². The van der Waals surface area contributed by atoms with Gasteiger partial charge in [-0.2, -0.15) is 0 Å². The summed E-state index contributed by atoms with van der Waals surface area (Å²) in [5.41, 5.74) is 0. The maximum absolute atomic E-state index is 11.0. The van der Waals surface area contributed by atoms with E-state index in [9.17, 15) is 4.79 Å². The third-order valence-corrected chi connectivity index (χ3v) is 1.44. The number of carbonyl (C=O) groups is 1. The van der Waals surface area contributed by atoms with Crippen LogP contribution in [0.25, 0.3) is 0 Å². The standard InChI is InChI=1S/C11H16O/c1-3-5-7-8-10-11(12)9-6-4-2/h6,9H,4,7-8,10H2,1-2H3/b9-6+. The van der Waals surface area contributed by atoms with Crippen LogP contribution in [0.5, 0.6) is 0 Å². The lowest BCUT2D eigenvalue weighted by Crippen LogP contribution is -1.91. The van der Waals surface area contributed by atoms with E-state index in [1.54, 1.807) is 6.08 Å². The summed E-state index contributed by atoms with van der Waals surface area (Å²) < 4.78 is 0. The maximum atomic E-state index is 11.0. The Bertz CT molecular complexity index is 203. The zero-order chi connectivity index (χ0) is 9.23. The van der Waals surface area contributed by atoms with E-state index in [2.05, 4.69) is 11.8 Å². The van der Waals surface area contributed by atoms with Gasteiger partial charge in [0.05, 0.1) is 0 Å². The second-order valence-corrected chi connectivity index (χ2v) is 2.56. The Morgan fingerprint density at radius 2 is 2.25 bits per heavy atom. The van der Waals surface area contributed by atoms with Crippen LogP contribution in [0.15, 0.2) is 12.2 Å². The van der Waals surface area contributed by atoms with Crippen molar-refractivity contribution >= 4 is 5.78 Å².